The average Bonchev–Trinajstić information content (AvgIpc) is 2.68. The van der Waals surface area contributed by atoms with Gasteiger partial charge < -0.3 is 4.90 Å². The van der Waals surface area contributed by atoms with Gasteiger partial charge in [0.1, 0.15) is 0 Å². The molecule has 1 heteroatoms. The second-order valence-electron chi connectivity index (χ2n) is 5.78. The Morgan fingerprint density at radius 3 is 2.62 bits per heavy atom. The summed E-state index contributed by atoms with van der Waals surface area (Å²) in [6, 6.07) is 0.870. The zero-order valence-corrected chi connectivity index (χ0v) is 11.2. The number of hydrogen-bond acceptors (Lipinski definition) is 1. The van der Waals surface area contributed by atoms with Crippen LogP contribution in [-0.2, 0) is 0 Å². The first-order chi connectivity index (χ1) is 7.74. The van der Waals surface area contributed by atoms with E-state index in [1.165, 1.54) is 38.8 Å². The van der Waals surface area contributed by atoms with E-state index in [1.54, 1.807) is 0 Å². The Balaban J connectivity index is 1.94. The van der Waals surface area contributed by atoms with Gasteiger partial charge in [-0.25, -0.2) is 0 Å². The van der Waals surface area contributed by atoms with Gasteiger partial charge in [-0.1, -0.05) is 32.9 Å². The minimum atomic E-state index is 0.821. The molecule has 92 valence electrons. The van der Waals surface area contributed by atoms with Crippen LogP contribution in [0.1, 0.15) is 46.5 Å². The van der Waals surface area contributed by atoms with Crippen LogP contribution in [0.3, 0.4) is 0 Å². The normalized spacial score (nSPS) is 38.0. The van der Waals surface area contributed by atoms with Gasteiger partial charge in [-0.05, 0) is 56.5 Å². The van der Waals surface area contributed by atoms with Crippen molar-refractivity contribution < 1.29 is 0 Å². The van der Waals surface area contributed by atoms with Gasteiger partial charge >= 0.3 is 0 Å². The van der Waals surface area contributed by atoms with Crippen molar-refractivity contribution in [3.63, 3.8) is 0 Å². The van der Waals surface area contributed by atoms with E-state index < -0.39 is 0 Å². The van der Waals surface area contributed by atoms with E-state index in [2.05, 4.69) is 37.8 Å². The van der Waals surface area contributed by atoms with E-state index in [0.717, 1.165) is 23.8 Å². The highest BCUT2D eigenvalue weighted by molar-refractivity contribution is 5.05. The number of nitrogens with zero attached hydrogens (tertiary/aromatic N) is 1. The molecule has 0 saturated heterocycles. The monoisotopic (exact) mass is 221 g/mol. The van der Waals surface area contributed by atoms with Crippen molar-refractivity contribution in [2.75, 3.05) is 13.1 Å². The molecule has 4 atom stereocenters. The van der Waals surface area contributed by atoms with E-state index >= 15 is 0 Å². The summed E-state index contributed by atoms with van der Waals surface area (Å²) in [6.07, 6.45) is 10.6. The molecule has 0 aliphatic heterocycles. The molecule has 1 nitrogen and oxygen atoms in total. The molecular weight excluding hydrogens is 194 g/mol. The van der Waals surface area contributed by atoms with Gasteiger partial charge in [0.25, 0.3) is 0 Å². The number of hydrogen-bond donors (Lipinski definition) is 0. The quantitative estimate of drug-likeness (QED) is 0.654. The van der Waals surface area contributed by atoms with Crippen LogP contribution >= 0.6 is 0 Å². The highest BCUT2D eigenvalue weighted by Crippen LogP contribution is 2.42. The summed E-state index contributed by atoms with van der Waals surface area (Å²) < 4.78 is 0. The Labute approximate surface area is 101 Å². The van der Waals surface area contributed by atoms with Crippen molar-refractivity contribution in [3.8, 4) is 0 Å². The third-order valence-electron chi connectivity index (χ3n) is 4.52. The Kier molecular flexibility index (Phi) is 4.07. The third kappa shape index (κ3) is 2.51. The molecule has 0 bridgehead atoms. The molecule has 16 heavy (non-hydrogen) atoms. The van der Waals surface area contributed by atoms with Crippen molar-refractivity contribution in [2.24, 2.45) is 17.8 Å². The lowest BCUT2D eigenvalue weighted by Gasteiger charge is -2.27. The molecule has 2 aliphatic rings. The lowest BCUT2D eigenvalue weighted by atomic mass is 9.82. The smallest absolute Gasteiger partial charge is 0.0104 e. The second-order valence-corrected chi connectivity index (χ2v) is 5.78. The van der Waals surface area contributed by atoms with Gasteiger partial charge in [0.15, 0.2) is 0 Å². The van der Waals surface area contributed by atoms with Gasteiger partial charge in [-0.2, -0.15) is 0 Å². The zero-order chi connectivity index (χ0) is 11.5. The molecule has 0 radical (unpaired) electrons. The first-order valence-corrected chi connectivity index (χ1v) is 7.17. The summed E-state index contributed by atoms with van der Waals surface area (Å²) in [4.78, 5) is 2.71. The number of rotatable bonds is 4. The van der Waals surface area contributed by atoms with Crippen LogP contribution in [0.4, 0.5) is 0 Å². The summed E-state index contributed by atoms with van der Waals surface area (Å²) in [5.41, 5.74) is 0. The lowest BCUT2D eigenvalue weighted by molar-refractivity contribution is 0.203. The molecule has 0 aromatic carbocycles. The molecule has 2 rings (SSSR count). The van der Waals surface area contributed by atoms with Crippen LogP contribution in [0.5, 0.6) is 0 Å². The molecule has 0 N–H and O–H groups in total. The van der Waals surface area contributed by atoms with Crippen molar-refractivity contribution >= 4 is 0 Å². The summed E-state index contributed by atoms with van der Waals surface area (Å²) in [6.45, 7) is 9.50. The van der Waals surface area contributed by atoms with Gasteiger partial charge in [0, 0.05) is 6.04 Å². The Hall–Kier alpha value is -0.300. The molecule has 4 unspecified atom stereocenters. The van der Waals surface area contributed by atoms with Crippen LogP contribution in [0.2, 0.25) is 0 Å². The largest absolute Gasteiger partial charge is 0.301 e. The van der Waals surface area contributed by atoms with E-state index in [1.807, 2.05) is 0 Å². The average molecular weight is 221 g/mol. The Morgan fingerprint density at radius 1 is 1.12 bits per heavy atom. The van der Waals surface area contributed by atoms with Crippen LogP contribution in [0, 0.1) is 17.8 Å². The maximum Gasteiger partial charge on any atom is 0.0104 e. The topological polar surface area (TPSA) is 3.24 Å². The molecule has 0 aromatic rings. The van der Waals surface area contributed by atoms with Crippen molar-refractivity contribution in [1.29, 1.82) is 0 Å². The minimum absolute atomic E-state index is 0.821. The van der Waals surface area contributed by atoms with Gasteiger partial charge in [0.05, 0.1) is 0 Å². The van der Waals surface area contributed by atoms with Crippen molar-refractivity contribution in [1.82, 2.24) is 4.90 Å². The predicted octanol–water partition coefficient (Wildman–Crippen LogP) is 3.71. The highest BCUT2D eigenvalue weighted by atomic mass is 15.1. The molecule has 0 amide bonds. The fraction of sp³-hybridized carbons (Fsp3) is 0.867. The maximum absolute atomic E-state index is 2.71. The van der Waals surface area contributed by atoms with Crippen LogP contribution in [0.25, 0.3) is 0 Å². The Bertz CT molecular complexity index is 246. The molecule has 0 heterocycles. The van der Waals surface area contributed by atoms with Crippen LogP contribution < -0.4 is 0 Å². The predicted molar refractivity (Wildman–Crippen MR) is 70.5 cm³/mol. The molecule has 1 fully saturated rings. The summed E-state index contributed by atoms with van der Waals surface area (Å²) in [7, 11) is 0. The SMILES string of the molecule is CCCN(CC)C1CC2C=CC(C)CC2C1. The fourth-order valence-corrected chi connectivity index (χ4v) is 3.71. The second kappa shape index (κ2) is 5.35. The molecule has 0 aromatic heterocycles. The number of fused-ring (bicyclic) bond motifs is 1. The highest BCUT2D eigenvalue weighted by Gasteiger charge is 2.36. The number of allylic oxidation sites excluding steroid dienone is 2. The van der Waals surface area contributed by atoms with E-state index in [-0.39, 0.29) is 0 Å². The molecular formula is C15H27N. The summed E-state index contributed by atoms with van der Waals surface area (Å²) in [5.74, 6) is 2.70. The Morgan fingerprint density at radius 2 is 1.94 bits per heavy atom. The minimum Gasteiger partial charge on any atom is -0.301 e. The first kappa shape index (κ1) is 12.2. The molecule has 2 aliphatic carbocycles. The van der Waals surface area contributed by atoms with Crippen molar-refractivity contribution in [3.05, 3.63) is 12.2 Å². The van der Waals surface area contributed by atoms with E-state index in [0.29, 0.717) is 0 Å². The summed E-state index contributed by atoms with van der Waals surface area (Å²) >= 11 is 0. The van der Waals surface area contributed by atoms with Crippen LogP contribution in [0.15, 0.2) is 12.2 Å². The van der Waals surface area contributed by atoms with Gasteiger partial charge in [-0.15, -0.1) is 0 Å². The maximum atomic E-state index is 2.71. The zero-order valence-electron chi connectivity index (χ0n) is 11.2. The lowest BCUT2D eigenvalue weighted by Crippen LogP contribution is -2.34. The third-order valence-corrected chi connectivity index (χ3v) is 4.52. The molecule has 1 saturated carbocycles. The molecule has 0 spiro atoms. The van der Waals surface area contributed by atoms with E-state index in [9.17, 15) is 0 Å². The van der Waals surface area contributed by atoms with Crippen LogP contribution in [-0.4, -0.2) is 24.0 Å². The standard InChI is InChI=1S/C15H27N/c1-4-8-16(5-2)15-10-13-7-6-12(3)9-14(13)11-15/h6-7,12-15H,4-5,8-11H2,1-3H3. The summed E-state index contributed by atoms with van der Waals surface area (Å²) in [5, 5.41) is 0. The van der Waals surface area contributed by atoms with Gasteiger partial charge in [-0.3, -0.25) is 0 Å². The van der Waals surface area contributed by atoms with Crippen molar-refractivity contribution in [2.45, 2.75) is 52.5 Å². The van der Waals surface area contributed by atoms with E-state index in [4.69, 9.17) is 0 Å². The van der Waals surface area contributed by atoms with Gasteiger partial charge in [0.2, 0.25) is 0 Å². The first-order valence-electron chi connectivity index (χ1n) is 7.17. The fourth-order valence-electron chi connectivity index (χ4n) is 3.71.